The van der Waals surface area contributed by atoms with Crippen molar-refractivity contribution in [3.63, 3.8) is 0 Å². The van der Waals surface area contributed by atoms with E-state index >= 15 is 0 Å². The van der Waals surface area contributed by atoms with Crippen LogP contribution in [0.2, 0.25) is 0 Å². The number of nitrogens with zero attached hydrogens (tertiary/aromatic N) is 1. The summed E-state index contributed by atoms with van der Waals surface area (Å²) in [6.07, 6.45) is 3.94. The molecule has 1 saturated heterocycles. The van der Waals surface area contributed by atoms with Crippen molar-refractivity contribution in [1.82, 2.24) is 4.90 Å². The van der Waals surface area contributed by atoms with Crippen LogP contribution in [0.4, 0.5) is 0 Å². The molecule has 1 aliphatic heterocycles. The molecule has 1 aliphatic rings. The van der Waals surface area contributed by atoms with Gasteiger partial charge in [0.2, 0.25) is 0 Å². The molecular formula is C10H22N2. The Morgan fingerprint density at radius 1 is 1.33 bits per heavy atom. The lowest BCUT2D eigenvalue weighted by atomic mass is 10.00. The zero-order chi connectivity index (χ0) is 8.97. The molecule has 0 bridgehead atoms. The van der Waals surface area contributed by atoms with E-state index in [4.69, 9.17) is 5.73 Å². The molecule has 1 heterocycles. The molecule has 2 N–H and O–H groups in total. The highest BCUT2D eigenvalue weighted by Crippen LogP contribution is 2.11. The van der Waals surface area contributed by atoms with Gasteiger partial charge in [-0.2, -0.15) is 0 Å². The van der Waals surface area contributed by atoms with Gasteiger partial charge < -0.3 is 10.6 Å². The first-order valence-electron chi connectivity index (χ1n) is 5.22. The summed E-state index contributed by atoms with van der Waals surface area (Å²) >= 11 is 0. The third-order valence-corrected chi connectivity index (χ3v) is 3.04. The maximum atomic E-state index is 6.07. The summed E-state index contributed by atoms with van der Waals surface area (Å²) < 4.78 is 0. The minimum Gasteiger partial charge on any atom is -0.326 e. The molecule has 0 amide bonds. The van der Waals surface area contributed by atoms with E-state index in [0.29, 0.717) is 12.0 Å². The molecule has 0 aromatic rings. The van der Waals surface area contributed by atoms with Crippen LogP contribution < -0.4 is 5.73 Å². The van der Waals surface area contributed by atoms with Gasteiger partial charge in [-0.1, -0.05) is 20.3 Å². The molecule has 2 heteroatoms. The first-order chi connectivity index (χ1) is 5.74. The first-order valence-corrected chi connectivity index (χ1v) is 5.22. The lowest BCUT2D eigenvalue weighted by molar-refractivity contribution is 0.275. The molecule has 1 rings (SSSR count). The SMILES string of the molecule is CCC(C)[C@H](N)CN1CCCC1. The Morgan fingerprint density at radius 2 is 1.92 bits per heavy atom. The molecule has 72 valence electrons. The standard InChI is InChI=1S/C10H22N2/c1-3-9(2)10(11)8-12-6-4-5-7-12/h9-10H,3-8,11H2,1-2H3/t9?,10-/m1/s1. The average Bonchev–Trinajstić information content (AvgIpc) is 2.55. The summed E-state index contributed by atoms with van der Waals surface area (Å²) in [5, 5.41) is 0. The van der Waals surface area contributed by atoms with Gasteiger partial charge in [0, 0.05) is 12.6 Å². The van der Waals surface area contributed by atoms with Crippen molar-refractivity contribution in [3.8, 4) is 0 Å². The smallest absolute Gasteiger partial charge is 0.0193 e. The van der Waals surface area contributed by atoms with Gasteiger partial charge in [-0.25, -0.2) is 0 Å². The second kappa shape index (κ2) is 4.83. The number of likely N-dealkylation sites (tertiary alicyclic amines) is 1. The topological polar surface area (TPSA) is 29.3 Å². The summed E-state index contributed by atoms with van der Waals surface area (Å²) in [6, 6.07) is 0.382. The Labute approximate surface area is 76.1 Å². The Morgan fingerprint density at radius 3 is 2.42 bits per heavy atom. The van der Waals surface area contributed by atoms with Crippen LogP contribution in [-0.2, 0) is 0 Å². The average molecular weight is 170 g/mol. The Balaban J connectivity index is 2.19. The summed E-state index contributed by atoms with van der Waals surface area (Å²) in [6.45, 7) is 8.11. The normalized spacial score (nSPS) is 24.2. The van der Waals surface area contributed by atoms with Crippen molar-refractivity contribution >= 4 is 0 Å². The Hall–Kier alpha value is -0.0800. The van der Waals surface area contributed by atoms with Gasteiger partial charge in [0.25, 0.3) is 0 Å². The molecule has 1 fully saturated rings. The van der Waals surface area contributed by atoms with E-state index < -0.39 is 0 Å². The van der Waals surface area contributed by atoms with Crippen LogP contribution in [0.5, 0.6) is 0 Å². The van der Waals surface area contributed by atoms with Gasteiger partial charge >= 0.3 is 0 Å². The van der Waals surface area contributed by atoms with Crippen LogP contribution in [0, 0.1) is 5.92 Å². The monoisotopic (exact) mass is 170 g/mol. The Kier molecular flexibility index (Phi) is 4.02. The summed E-state index contributed by atoms with van der Waals surface area (Å²) in [4.78, 5) is 2.50. The van der Waals surface area contributed by atoms with Crippen molar-refractivity contribution in [3.05, 3.63) is 0 Å². The van der Waals surface area contributed by atoms with Crippen molar-refractivity contribution in [2.24, 2.45) is 11.7 Å². The van der Waals surface area contributed by atoms with Gasteiger partial charge in [0.1, 0.15) is 0 Å². The van der Waals surface area contributed by atoms with Crippen LogP contribution in [0.15, 0.2) is 0 Å². The highest BCUT2D eigenvalue weighted by Gasteiger charge is 2.17. The van der Waals surface area contributed by atoms with E-state index in [1.807, 2.05) is 0 Å². The largest absolute Gasteiger partial charge is 0.326 e. The van der Waals surface area contributed by atoms with Crippen molar-refractivity contribution < 1.29 is 0 Å². The number of hydrogen-bond acceptors (Lipinski definition) is 2. The third kappa shape index (κ3) is 2.76. The number of hydrogen-bond donors (Lipinski definition) is 1. The molecule has 12 heavy (non-hydrogen) atoms. The van der Waals surface area contributed by atoms with Gasteiger partial charge in [-0.3, -0.25) is 0 Å². The summed E-state index contributed by atoms with van der Waals surface area (Å²) in [7, 11) is 0. The minimum absolute atomic E-state index is 0.382. The zero-order valence-electron chi connectivity index (χ0n) is 8.42. The van der Waals surface area contributed by atoms with Crippen molar-refractivity contribution in [2.75, 3.05) is 19.6 Å². The van der Waals surface area contributed by atoms with Gasteiger partial charge in [-0.05, 0) is 31.8 Å². The molecule has 1 unspecified atom stereocenters. The molecule has 2 atom stereocenters. The number of rotatable bonds is 4. The Bertz CT molecular complexity index is 119. The minimum atomic E-state index is 0.382. The van der Waals surface area contributed by atoms with E-state index in [1.165, 1.54) is 32.4 Å². The quantitative estimate of drug-likeness (QED) is 0.692. The predicted molar refractivity (Wildman–Crippen MR) is 53.1 cm³/mol. The van der Waals surface area contributed by atoms with E-state index in [2.05, 4.69) is 18.7 Å². The fraction of sp³-hybridized carbons (Fsp3) is 1.00. The van der Waals surface area contributed by atoms with Gasteiger partial charge in [-0.15, -0.1) is 0 Å². The lowest BCUT2D eigenvalue weighted by Crippen LogP contribution is -2.40. The first kappa shape index (κ1) is 10.0. The maximum absolute atomic E-state index is 6.07. The summed E-state index contributed by atoms with van der Waals surface area (Å²) in [5.41, 5.74) is 6.07. The molecule has 0 aromatic carbocycles. The molecule has 0 radical (unpaired) electrons. The zero-order valence-corrected chi connectivity index (χ0v) is 8.42. The molecule has 2 nitrogen and oxygen atoms in total. The van der Waals surface area contributed by atoms with Crippen LogP contribution in [-0.4, -0.2) is 30.6 Å². The molecule has 0 spiro atoms. The molecule has 0 aromatic heterocycles. The molecule has 0 saturated carbocycles. The van der Waals surface area contributed by atoms with Gasteiger partial charge in [0.05, 0.1) is 0 Å². The highest BCUT2D eigenvalue weighted by atomic mass is 15.1. The number of nitrogens with two attached hydrogens (primary N) is 1. The second-order valence-electron chi connectivity index (χ2n) is 4.06. The highest BCUT2D eigenvalue weighted by molar-refractivity contribution is 4.75. The van der Waals surface area contributed by atoms with Crippen molar-refractivity contribution in [2.45, 2.75) is 39.2 Å². The van der Waals surface area contributed by atoms with Crippen LogP contribution in [0.3, 0.4) is 0 Å². The summed E-state index contributed by atoms with van der Waals surface area (Å²) in [5.74, 6) is 0.672. The van der Waals surface area contributed by atoms with Gasteiger partial charge in [0.15, 0.2) is 0 Å². The van der Waals surface area contributed by atoms with Crippen LogP contribution in [0.1, 0.15) is 33.1 Å². The predicted octanol–water partition coefficient (Wildman–Crippen LogP) is 1.46. The van der Waals surface area contributed by atoms with E-state index in [0.717, 1.165) is 6.54 Å². The molecular weight excluding hydrogens is 148 g/mol. The second-order valence-corrected chi connectivity index (χ2v) is 4.06. The fourth-order valence-electron chi connectivity index (χ4n) is 1.75. The fourth-order valence-corrected chi connectivity index (χ4v) is 1.75. The van der Waals surface area contributed by atoms with E-state index in [-0.39, 0.29) is 0 Å². The lowest BCUT2D eigenvalue weighted by Gasteiger charge is -2.24. The maximum Gasteiger partial charge on any atom is 0.0193 e. The van der Waals surface area contributed by atoms with E-state index in [1.54, 1.807) is 0 Å². The van der Waals surface area contributed by atoms with E-state index in [9.17, 15) is 0 Å². The van der Waals surface area contributed by atoms with Crippen molar-refractivity contribution in [1.29, 1.82) is 0 Å². The van der Waals surface area contributed by atoms with Crippen LogP contribution >= 0.6 is 0 Å². The molecule has 0 aliphatic carbocycles. The van der Waals surface area contributed by atoms with Crippen LogP contribution in [0.25, 0.3) is 0 Å². The third-order valence-electron chi connectivity index (χ3n) is 3.04.